The van der Waals surface area contributed by atoms with Gasteiger partial charge in [0.2, 0.25) is 5.91 Å². The van der Waals surface area contributed by atoms with Gasteiger partial charge in [0.15, 0.2) is 0 Å². The maximum atomic E-state index is 11.1. The van der Waals surface area contributed by atoms with Gasteiger partial charge in [0.05, 0.1) is 6.61 Å². The lowest BCUT2D eigenvalue weighted by Gasteiger charge is -2.02. The lowest BCUT2D eigenvalue weighted by Crippen LogP contribution is -2.23. The number of hydrogen-bond acceptors (Lipinski definition) is 3. The van der Waals surface area contributed by atoms with E-state index in [0.29, 0.717) is 13.2 Å². The van der Waals surface area contributed by atoms with E-state index in [1.54, 1.807) is 13.3 Å². The summed E-state index contributed by atoms with van der Waals surface area (Å²) in [4.78, 5) is 15.6. The minimum Gasteiger partial charge on any atom is -0.383 e. The molecule has 0 radical (unpaired) electrons. The molecule has 0 unspecified atom stereocenters. The molecule has 5 nitrogen and oxygen atoms in total. The number of pyridine rings is 1. The van der Waals surface area contributed by atoms with Gasteiger partial charge in [-0.05, 0) is 30.2 Å². The number of nitrogens with zero attached hydrogens (tertiary/aromatic N) is 2. The molecule has 2 rings (SSSR count). The number of nitrogens with one attached hydrogen (secondary N) is 1. The van der Waals surface area contributed by atoms with Crippen LogP contribution < -0.4 is 5.32 Å². The molecule has 20 heavy (non-hydrogen) atoms. The molecule has 2 heterocycles. The molecule has 0 saturated heterocycles. The van der Waals surface area contributed by atoms with Crippen LogP contribution in [0.2, 0.25) is 0 Å². The van der Waals surface area contributed by atoms with E-state index < -0.39 is 0 Å². The Morgan fingerprint density at radius 2 is 2.45 bits per heavy atom. The molecule has 0 aromatic carbocycles. The number of amides is 1. The summed E-state index contributed by atoms with van der Waals surface area (Å²) in [6.45, 7) is 5.43. The highest BCUT2D eigenvalue weighted by molar-refractivity contribution is 5.87. The summed E-state index contributed by atoms with van der Waals surface area (Å²) in [7, 11) is 1.69. The summed E-state index contributed by atoms with van der Waals surface area (Å²) in [5, 5.41) is 3.91. The first-order valence-corrected chi connectivity index (χ1v) is 6.58. The number of hydrogen-bond donors (Lipinski definition) is 1. The van der Waals surface area contributed by atoms with Crippen LogP contribution in [-0.2, 0) is 22.5 Å². The number of carbonyl (C=O) groups is 1. The van der Waals surface area contributed by atoms with E-state index in [1.807, 2.05) is 6.07 Å². The normalized spacial score (nSPS) is 10.7. The van der Waals surface area contributed by atoms with Crippen molar-refractivity contribution in [3.8, 4) is 0 Å². The smallest absolute Gasteiger partial charge is 0.243 e. The number of carbonyl (C=O) groups excluding carboxylic acids is 1. The van der Waals surface area contributed by atoms with E-state index in [-0.39, 0.29) is 5.91 Å². The van der Waals surface area contributed by atoms with Gasteiger partial charge in [-0.15, -0.1) is 0 Å². The fraction of sp³-hybridized carbons (Fsp3) is 0.333. The van der Waals surface area contributed by atoms with Gasteiger partial charge in [-0.25, -0.2) is 4.98 Å². The predicted octanol–water partition coefficient (Wildman–Crippen LogP) is 1.53. The molecule has 106 valence electrons. The Hall–Kier alpha value is -2.14. The summed E-state index contributed by atoms with van der Waals surface area (Å²) >= 11 is 0. The lowest BCUT2D eigenvalue weighted by molar-refractivity contribution is -0.116. The Balaban J connectivity index is 2.15. The highest BCUT2D eigenvalue weighted by Gasteiger charge is 2.09. The number of ether oxygens (including phenoxy) is 1. The second-order valence-electron chi connectivity index (χ2n) is 4.46. The van der Waals surface area contributed by atoms with E-state index in [4.69, 9.17) is 4.74 Å². The van der Waals surface area contributed by atoms with E-state index in [0.717, 1.165) is 24.0 Å². The number of methoxy groups -OCH3 is 1. The average Bonchev–Trinajstić information content (AvgIpc) is 2.83. The molecule has 2 aromatic heterocycles. The predicted molar refractivity (Wildman–Crippen MR) is 78.5 cm³/mol. The van der Waals surface area contributed by atoms with Crippen LogP contribution in [0.15, 0.2) is 37.2 Å². The molecule has 0 spiro atoms. The Bertz CT molecular complexity index is 604. The highest BCUT2D eigenvalue weighted by atomic mass is 16.5. The van der Waals surface area contributed by atoms with Gasteiger partial charge >= 0.3 is 0 Å². The van der Waals surface area contributed by atoms with Crippen molar-refractivity contribution in [1.82, 2.24) is 14.9 Å². The largest absolute Gasteiger partial charge is 0.383 e. The van der Waals surface area contributed by atoms with Crippen molar-refractivity contribution in [3.63, 3.8) is 0 Å². The highest BCUT2D eigenvalue weighted by Crippen LogP contribution is 2.19. The summed E-state index contributed by atoms with van der Waals surface area (Å²) in [5.74, 6) is -0.147. The van der Waals surface area contributed by atoms with Crippen LogP contribution in [0.4, 0.5) is 0 Å². The summed E-state index contributed by atoms with van der Waals surface area (Å²) < 4.78 is 7.20. The molecule has 2 aromatic rings. The molecule has 0 aliphatic heterocycles. The molecule has 0 fully saturated rings. The van der Waals surface area contributed by atoms with Gasteiger partial charge < -0.3 is 14.6 Å². The molecular formula is C15H19N3O2. The minimum atomic E-state index is -0.147. The number of aromatic nitrogens is 2. The van der Waals surface area contributed by atoms with Crippen LogP contribution in [0.3, 0.4) is 0 Å². The van der Waals surface area contributed by atoms with Crippen molar-refractivity contribution >= 4 is 16.9 Å². The maximum Gasteiger partial charge on any atom is 0.243 e. The van der Waals surface area contributed by atoms with Crippen LogP contribution >= 0.6 is 0 Å². The molecule has 0 bridgehead atoms. The molecule has 0 saturated carbocycles. The van der Waals surface area contributed by atoms with Gasteiger partial charge in [0.25, 0.3) is 0 Å². The molecule has 5 heteroatoms. The van der Waals surface area contributed by atoms with Crippen LogP contribution in [0.25, 0.3) is 11.0 Å². The van der Waals surface area contributed by atoms with Gasteiger partial charge in [-0.2, -0.15) is 0 Å². The third-order valence-electron chi connectivity index (χ3n) is 3.13. The molecular weight excluding hydrogens is 254 g/mol. The van der Waals surface area contributed by atoms with Gasteiger partial charge in [0, 0.05) is 38.0 Å². The third kappa shape index (κ3) is 3.24. The Morgan fingerprint density at radius 3 is 3.20 bits per heavy atom. The second kappa shape index (κ2) is 6.86. The quantitative estimate of drug-likeness (QED) is 0.778. The maximum absolute atomic E-state index is 11.1. The first-order chi connectivity index (χ1) is 9.76. The third-order valence-corrected chi connectivity index (χ3v) is 3.13. The van der Waals surface area contributed by atoms with Crippen LogP contribution in [-0.4, -0.2) is 35.7 Å². The van der Waals surface area contributed by atoms with Crippen molar-refractivity contribution < 1.29 is 9.53 Å². The zero-order valence-electron chi connectivity index (χ0n) is 11.6. The zero-order valence-corrected chi connectivity index (χ0v) is 11.6. The fourth-order valence-electron chi connectivity index (χ4n) is 2.15. The molecule has 0 aliphatic rings. The van der Waals surface area contributed by atoms with E-state index >= 15 is 0 Å². The SMILES string of the molecule is C=CC(=O)NCCc1cn(CCOC)c2ncccc12. The van der Waals surface area contributed by atoms with Gasteiger partial charge in [-0.1, -0.05) is 6.58 Å². The van der Waals surface area contributed by atoms with Gasteiger partial charge in [0.1, 0.15) is 5.65 Å². The standard InChI is InChI=1S/C15H19N3O2/c1-3-14(19)16-8-6-12-11-18(9-10-20-2)15-13(12)5-4-7-17-15/h3-5,7,11H,1,6,8-10H2,2H3,(H,16,19). The van der Waals surface area contributed by atoms with E-state index in [2.05, 4.69) is 33.7 Å². The van der Waals surface area contributed by atoms with Crippen molar-refractivity contribution in [3.05, 3.63) is 42.7 Å². The number of rotatable bonds is 7. The first kappa shape index (κ1) is 14.3. The topological polar surface area (TPSA) is 56.2 Å². The average molecular weight is 273 g/mol. The van der Waals surface area contributed by atoms with Gasteiger partial charge in [-0.3, -0.25) is 4.79 Å². The second-order valence-corrected chi connectivity index (χ2v) is 4.46. The Morgan fingerprint density at radius 1 is 1.60 bits per heavy atom. The Kier molecular flexibility index (Phi) is 4.90. The van der Waals surface area contributed by atoms with Crippen molar-refractivity contribution in [2.75, 3.05) is 20.3 Å². The molecule has 1 amide bonds. The summed E-state index contributed by atoms with van der Waals surface area (Å²) in [6, 6.07) is 3.98. The molecule has 0 atom stereocenters. The minimum absolute atomic E-state index is 0.147. The molecule has 1 N–H and O–H groups in total. The van der Waals surface area contributed by atoms with E-state index in [9.17, 15) is 4.79 Å². The summed E-state index contributed by atoms with van der Waals surface area (Å²) in [5.41, 5.74) is 2.13. The monoisotopic (exact) mass is 273 g/mol. The van der Waals surface area contributed by atoms with Crippen LogP contribution in [0.5, 0.6) is 0 Å². The first-order valence-electron chi connectivity index (χ1n) is 6.58. The molecule has 0 aliphatic carbocycles. The van der Waals surface area contributed by atoms with Crippen molar-refractivity contribution in [1.29, 1.82) is 0 Å². The zero-order chi connectivity index (χ0) is 14.4. The summed E-state index contributed by atoms with van der Waals surface area (Å²) in [6.07, 6.45) is 5.91. The number of fused-ring (bicyclic) bond motifs is 1. The van der Waals surface area contributed by atoms with Crippen molar-refractivity contribution in [2.45, 2.75) is 13.0 Å². The lowest BCUT2D eigenvalue weighted by atomic mass is 10.1. The van der Waals surface area contributed by atoms with Crippen LogP contribution in [0, 0.1) is 0 Å². The van der Waals surface area contributed by atoms with E-state index in [1.165, 1.54) is 11.6 Å². The fourth-order valence-corrected chi connectivity index (χ4v) is 2.15. The Labute approximate surface area is 118 Å². The van der Waals surface area contributed by atoms with Crippen molar-refractivity contribution in [2.24, 2.45) is 0 Å². The van der Waals surface area contributed by atoms with Crippen LogP contribution in [0.1, 0.15) is 5.56 Å².